The molecule has 0 radical (unpaired) electrons. The van der Waals surface area contributed by atoms with Gasteiger partial charge in [-0.1, -0.05) is 42.1 Å². The Morgan fingerprint density at radius 2 is 1.55 bits per heavy atom. The largest absolute Gasteiger partial charge is 0.388 e. The third-order valence-electron chi connectivity index (χ3n) is 3.09. The zero-order chi connectivity index (χ0) is 14.4. The molecule has 1 atom stereocenters. The van der Waals surface area contributed by atoms with Crippen LogP contribution in [0.4, 0.5) is 0 Å². The highest BCUT2D eigenvalue weighted by Crippen LogP contribution is 2.28. The zero-order valence-electron chi connectivity index (χ0n) is 12.0. The number of benzene rings is 2. The van der Waals surface area contributed by atoms with Crippen LogP contribution in [-0.2, 0) is 0 Å². The minimum Gasteiger partial charge on any atom is -0.388 e. The number of aliphatic hydroxyl groups excluding tert-OH is 1. The molecule has 0 spiro atoms. The summed E-state index contributed by atoms with van der Waals surface area (Å²) in [5.41, 5.74) is 0.990. The molecule has 0 heterocycles. The molecule has 1 N–H and O–H groups in total. The van der Waals surface area contributed by atoms with E-state index in [1.54, 1.807) is 11.8 Å². The lowest BCUT2D eigenvalue weighted by atomic mass is 10.1. The minimum atomic E-state index is -0.381. The molecule has 0 aliphatic carbocycles. The van der Waals surface area contributed by atoms with Crippen LogP contribution in [0.15, 0.2) is 64.4 Å². The second-order valence-corrected chi connectivity index (χ2v) is 6.24. The van der Waals surface area contributed by atoms with Crippen LogP contribution >= 0.6 is 11.8 Å². The van der Waals surface area contributed by atoms with Crippen molar-refractivity contribution in [2.75, 3.05) is 20.6 Å². The van der Waals surface area contributed by atoms with E-state index in [4.69, 9.17) is 0 Å². The summed E-state index contributed by atoms with van der Waals surface area (Å²) in [6.07, 6.45) is 0.381. The van der Waals surface area contributed by atoms with Crippen molar-refractivity contribution in [1.82, 2.24) is 4.90 Å². The van der Waals surface area contributed by atoms with Gasteiger partial charge in [-0.3, -0.25) is 0 Å². The molecule has 0 saturated heterocycles. The van der Waals surface area contributed by atoms with Gasteiger partial charge in [0, 0.05) is 16.3 Å². The Bertz CT molecular complexity index is 510. The van der Waals surface area contributed by atoms with Crippen molar-refractivity contribution >= 4 is 11.8 Å². The van der Waals surface area contributed by atoms with E-state index in [1.807, 2.05) is 44.4 Å². The van der Waals surface area contributed by atoms with Gasteiger partial charge in [0.05, 0.1) is 6.10 Å². The van der Waals surface area contributed by atoms with Crippen molar-refractivity contribution in [2.45, 2.75) is 22.3 Å². The summed E-state index contributed by atoms with van der Waals surface area (Å²) in [6, 6.07) is 18.5. The molecule has 2 aromatic carbocycles. The van der Waals surface area contributed by atoms with Gasteiger partial charge in [-0.15, -0.1) is 0 Å². The average Bonchev–Trinajstić information content (AvgIpc) is 2.46. The Balaban J connectivity index is 1.96. The predicted molar refractivity (Wildman–Crippen MR) is 85.1 cm³/mol. The van der Waals surface area contributed by atoms with Gasteiger partial charge >= 0.3 is 0 Å². The second kappa shape index (κ2) is 7.48. The molecule has 2 rings (SSSR count). The molecule has 0 saturated carbocycles. The van der Waals surface area contributed by atoms with Crippen LogP contribution in [0, 0.1) is 0 Å². The summed E-state index contributed by atoms with van der Waals surface area (Å²) in [5.74, 6) is 0. The quantitative estimate of drug-likeness (QED) is 0.873. The van der Waals surface area contributed by atoms with Gasteiger partial charge in [0.2, 0.25) is 0 Å². The van der Waals surface area contributed by atoms with Gasteiger partial charge in [-0.25, -0.2) is 0 Å². The summed E-state index contributed by atoms with van der Waals surface area (Å²) in [4.78, 5) is 4.51. The maximum atomic E-state index is 10.1. The van der Waals surface area contributed by atoms with E-state index in [9.17, 15) is 5.11 Å². The van der Waals surface area contributed by atoms with Crippen molar-refractivity contribution in [2.24, 2.45) is 0 Å². The molecule has 0 fully saturated rings. The zero-order valence-corrected chi connectivity index (χ0v) is 12.8. The Morgan fingerprint density at radius 1 is 0.950 bits per heavy atom. The van der Waals surface area contributed by atoms with E-state index >= 15 is 0 Å². The SMILES string of the molecule is CN(C)CCC(O)c1ccc(Sc2ccccc2)cc1. The van der Waals surface area contributed by atoms with E-state index in [0.717, 1.165) is 18.5 Å². The number of rotatable bonds is 6. The summed E-state index contributed by atoms with van der Waals surface area (Å²) in [7, 11) is 4.04. The molecular formula is C17H21NOS. The summed E-state index contributed by atoms with van der Waals surface area (Å²) >= 11 is 1.74. The first-order valence-electron chi connectivity index (χ1n) is 6.81. The molecule has 0 aromatic heterocycles. The summed E-state index contributed by atoms with van der Waals surface area (Å²) < 4.78 is 0. The highest BCUT2D eigenvalue weighted by atomic mass is 32.2. The minimum absolute atomic E-state index is 0.381. The van der Waals surface area contributed by atoms with Gasteiger partial charge in [0.15, 0.2) is 0 Å². The molecule has 0 aliphatic rings. The smallest absolute Gasteiger partial charge is 0.0802 e. The molecule has 2 nitrogen and oxygen atoms in total. The van der Waals surface area contributed by atoms with Crippen LogP contribution in [0.5, 0.6) is 0 Å². The van der Waals surface area contributed by atoms with Crippen LogP contribution in [-0.4, -0.2) is 30.6 Å². The Kier molecular flexibility index (Phi) is 5.65. The van der Waals surface area contributed by atoms with E-state index in [2.05, 4.69) is 29.2 Å². The second-order valence-electron chi connectivity index (χ2n) is 5.09. The van der Waals surface area contributed by atoms with Crippen molar-refractivity contribution in [1.29, 1.82) is 0 Å². The molecule has 0 bridgehead atoms. The van der Waals surface area contributed by atoms with Gasteiger partial charge in [-0.2, -0.15) is 0 Å². The van der Waals surface area contributed by atoms with E-state index in [1.165, 1.54) is 9.79 Å². The Labute approximate surface area is 125 Å². The average molecular weight is 287 g/mol. The molecular weight excluding hydrogens is 266 g/mol. The Hall–Kier alpha value is -1.29. The van der Waals surface area contributed by atoms with Gasteiger partial charge in [0.1, 0.15) is 0 Å². The van der Waals surface area contributed by atoms with Gasteiger partial charge < -0.3 is 10.0 Å². The highest BCUT2D eigenvalue weighted by Gasteiger charge is 2.08. The molecule has 0 amide bonds. The molecule has 20 heavy (non-hydrogen) atoms. The summed E-state index contributed by atoms with van der Waals surface area (Å²) in [5, 5.41) is 10.1. The molecule has 1 unspecified atom stereocenters. The number of nitrogens with zero attached hydrogens (tertiary/aromatic N) is 1. The van der Waals surface area contributed by atoms with E-state index in [-0.39, 0.29) is 6.10 Å². The van der Waals surface area contributed by atoms with E-state index < -0.39 is 0 Å². The third kappa shape index (κ3) is 4.67. The van der Waals surface area contributed by atoms with Crippen molar-refractivity contribution in [3.63, 3.8) is 0 Å². The fourth-order valence-electron chi connectivity index (χ4n) is 1.93. The van der Waals surface area contributed by atoms with Crippen LogP contribution in [0.1, 0.15) is 18.1 Å². The van der Waals surface area contributed by atoms with Gasteiger partial charge in [0.25, 0.3) is 0 Å². The number of hydrogen-bond donors (Lipinski definition) is 1. The summed E-state index contributed by atoms with van der Waals surface area (Å²) in [6.45, 7) is 0.891. The topological polar surface area (TPSA) is 23.5 Å². The first kappa shape index (κ1) is 15.1. The number of aliphatic hydroxyl groups is 1. The molecule has 106 valence electrons. The highest BCUT2D eigenvalue weighted by molar-refractivity contribution is 7.99. The van der Waals surface area contributed by atoms with Crippen LogP contribution in [0.2, 0.25) is 0 Å². The predicted octanol–water partition coefficient (Wildman–Crippen LogP) is 3.82. The maximum absolute atomic E-state index is 10.1. The van der Waals surface area contributed by atoms with Crippen LogP contribution < -0.4 is 0 Å². The fraction of sp³-hybridized carbons (Fsp3) is 0.294. The fourth-order valence-corrected chi connectivity index (χ4v) is 2.77. The van der Waals surface area contributed by atoms with Crippen molar-refractivity contribution < 1.29 is 5.11 Å². The van der Waals surface area contributed by atoms with Gasteiger partial charge in [-0.05, 0) is 50.3 Å². The monoisotopic (exact) mass is 287 g/mol. The standard InChI is InChI=1S/C17H21NOS/c1-18(2)13-12-17(19)14-8-10-16(11-9-14)20-15-6-4-3-5-7-15/h3-11,17,19H,12-13H2,1-2H3. The third-order valence-corrected chi connectivity index (χ3v) is 4.11. The lowest BCUT2D eigenvalue weighted by Gasteiger charge is -2.15. The number of hydrogen-bond acceptors (Lipinski definition) is 3. The first-order chi connectivity index (χ1) is 9.65. The lowest BCUT2D eigenvalue weighted by molar-refractivity contribution is 0.154. The van der Waals surface area contributed by atoms with Crippen molar-refractivity contribution in [3.05, 3.63) is 60.2 Å². The van der Waals surface area contributed by atoms with E-state index in [0.29, 0.717) is 0 Å². The lowest BCUT2D eigenvalue weighted by Crippen LogP contribution is -2.15. The Morgan fingerprint density at radius 3 is 2.15 bits per heavy atom. The molecule has 2 aromatic rings. The normalized spacial score (nSPS) is 12.6. The molecule has 3 heteroatoms. The first-order valence-corrected chi connectivity index (χ1v) is 7.62. The van der Waals surface area contributed by atoms with Crippen LogP contribution in [0.3, 0.4) is 0 Å². The maximum Gasteiger partial charge on any atom is 0.0802 e. The van der Waals surface area contributed by atoms with Crippen molar-refractivity contribution in [3.8, 4) is 0 Å². The van der Waals surface area contributed by atoms with Crippen LogP contribution in [0.25, 0.3) is 0 Å². The molecule has 0 aliphatic heterocycles.